The number of aromatic amines is 1. The second-order valence-corrected chi connectivity index (χ2v) is 4.07. The number of H-pyrrole nitrogens is 1. The zero-order valence-corrected chi connectivity index (χ0v) is 7.93. The van der Waals surface area contributed by atoms with E-state index in [4.69, 9.17) is 0 Å². The molecule has 3 N–H and O–H groups in total. The Balaban J connectivity index is 2.70. The van der Waals surface area contributed by atoms with Crippen LogP contribution in [0, 0.1) is 0 Å². The lowest BCUT2D eigenvalue weighted by Crippen LogP contribution is -1.69. The quantitative estimate of drug-likeness (QED) is 0.528. The van der Waals surface area contributed by atoms with Crippen LogP contribution in [0.2, 0.25) is 0 Å². The maximum absolute atomic E-state index is 9.64. The maximum Gasteiger partial charge on any atom is 0.141 e. The van der Waals surface area contributed by atoms with Crippen molar-refractivity contribution in [3.63, 3.8) is 0 Å². The first-order chi connectivity index (χ1) is 6.77. The molecule has 1 aromatic carbocycles. The molecule has 0 aliphatic rings. The highest BCUT2D eigenvalue weighted by molar-refractivity contribution is 7.17. The Labute approximate surface area is 83.2 Å². The molecule has 0 saturated carbocycles. The molecular weight excluding hydrogens is 198 g/mol. The van der Waals surface area contributed by atoms with E-state index in [-0.39, 0.29) is 11.5 Å². The predicted molar refractivity (Wildman–Crippen MR) is 57.0 cm³/mol. The summed E-state index contributed by atoms with van der Waals surface area (Å²) in [6.45, 7) is 0. The predicted octanol–water partition coefficient (Wildman–Crippen LogP) is 2.79. The SMILES string of the molecule is Oc1c[nH]c2ccc3scc(O)c3c12. The molecule has 0 amide bonds. The van der Waals surface area contributed by atoms with Crippen molar-refractivity contribution in [2.45, 2.75) is 0 Å². The summed E-state index contributed by atoms with van der Waals surface area (Å²) in [5.74, 6) is 0.407. The van der Waals surface area contributed by atoms with Gasteiger partial charge in [0.05, 0.1) is 10.9 Å². The average Bonchev–Trinajstić information content (AvgIpc) is 2.72. The van der Waals surface area contributed by atoms with E-state index in [0.717, 1.165) is 15.6 Å². The number of fused-ring (bicyclic) bond motifs is 3. The second kappa shape index (κ2) is 2.42. The molecule has 14 heavy (non-hydrogen) atoms. The highest BCUT2D eigenvalue weighted by atomic mass is 32.1. The minimum atomic E-state index is 0.180. The molecule has 2 aromatic heterocycles. The van der Waals surface area contributed by atoms with Crippen LogP contribution in [-0.2, 0) is 0 Å². The molecule has 0 bridgehead atoms. The fourth-order valence-corrected chi connectivity index (χ4v) is 2.55. The van der Waals surface area contributed by atoms with Gasteiger partial charge in [-0.1, -0.05) is 0 Å². The number of nitrogens with one attached hydrogen (secondary N) is 1. The molecule has 2 heterocycles. The van der Waals surface area contributed by atoms with Crippen molar-refractivity contribution < 1.29 is 10.2 Å². The standard InChI is InChI=1S/C10H7NO2S/c12-6-3-11-5-1-2-8-10(9(5)6)7(13)4-14-8/h1-4,11-13H. The lowest BCUT2D eigenvalue weighted by Gasteiger charge is -1.95. The minimum Gasteiger partial charge on any atom is -0.506 e. The van der Waals surface area contributed by atoms with E-state index in [1.165, 1.54) is 17.5 Å². The fraction of sp³-hybridized carbons (Fsp3) is 0. The van der Waals surface area contributed by atoms with Gasteiger partial charge in [0.25, 0.3) is 0 Å². The van der Waals surface area contributed by atoms with Gasteiger partial charge in [0.15, 0.2) is 0 Å². The highest BCUT2D eigenvalue weighted by Crippen LogP contribution is 2.40. The largest absolute Gasteiger partial charge is 0.506 e. The molecule has 0 unspecified atom stereocenters. The molecule has 0 spiro atoms. The Bertz CT molecular complexity index is 568. The van der Waals surface area contributed by atoms with Crippen LogP contribution in [0.25, 0.3) is 21.0 Å². The third kappa shape index (κ3) is 0.807. The fourth-order valence-electron chi connectivity index (χ4n) is 1.72. The Morgan fingerprint density at radius 1 is 1.07 bits per heavy atom. The number of hydrogen-bond acceptors (Lipinski definition) is 3. The molecule has 4 heteroatoms. The van der Waals surface area contributed by atoms with Crippen LogP contribution < -0.4 is 0 Å². The summed E-state index contributed by atoms with van der Waals surface area (Å²) in [5.41, 5.74) is 0.837. The van der Waals surface area contributed by atoms with Gasteiger partial charge in [-0.2, -0.15) is 0 Å². The summed E-state index contributed by atoms with van der Waals surface area (Å²) in [6, 6.07) is 3.82. The van der Waals surface area contributed by atoms with Crippen molar-refractivity contribution in [1.29, 1.82) is 0 Å². The van der Waals surface area contributed by atoms with Crippen LogP contribution in [-0.4, -0.2) is 15.2 Å². The second-order valence-electron chi connectivity index (χ2n) is 3.16. The minimum absolute atomic E-state index is 0.180. The number of aromatic nitrogens is 1. The van der Waals surface area contributed by atoms with Crippen LogP contribution in [0.4, 0.5) is 0 Å². The van der Waals surface area contributed by atoms with Crippen LogP contribution >= 0.6 is 11.3 Å². The van der Waals surface area contributed by atoms with E-state index in [2.05, 4.69) is 4.98 Å². The molecule has 3 nitrogen and oxygen atoms in total. The molecule has 0 aliphatic carbocycles. The topological polar surface area (TPSA) is 56.2 Å². The zero-order chi connectivity index (χ0) is 9.71. The van der Waals surface area contributed by atoms with Gasteiger partial charge in [-0.25, -0.2) is 0 Å². The molecule has 3 aromatic rings. The lowest BCUT2D eigenvalue weighted by atomic mass is 10.1. The van der Waals surface area contributed by atoms with Gasteiger partial charge in [0.1, 0.15) is 11.5 Å². The van der Waals surface area contributed by atoms with Crippen molar-refractivity contribution >= 4 is 32.3 Å². The van der Waals surface area contributed by atoms with E-state index in [9.17, 15) is 10.2 Å². The molecule has 0 aliphatic heterocycles. The molecule has 3 rings (SSSR count). The van der Waals surface area contributed by atoms with Crippen LogP contribution in [0.5, 0.6) is 11.5 Å². The van der Waals surface area contributed by atoms with Gasteiger partial charge in [0, 0.05) is 21.7 Å². The van der Waals surface area contributed by atoms with Gasteiger partial charge in [0.2, 0.25) is 0 Å². The lowest BCUT2D eigenvalue weighted by molar-refractivity contribution is 0.478. The van der Waals surface area contributed by atoms with Gasteiger partial charge in [-0.3, -0.25) is 0 Å². The van der Waals surface area contributed by atoms with Crippen LogP contribution in [0.15, 0.2) is 23.7 Å². The maximum atomic E-state index is 9.64. The number of rotatable bonds is 0. The van der Waals surface area contributed by atoms with Crippen molar-refractivity contribution in [2.75, 3.05) is 0 Å². The number of thiophene rings is 1. The Morgan fingerprint density at radius 3 is 2.79 bits per heavy atom. The van der Waals surface area contributed by atoms with Crippen molar-refractivity contribution in [3.05, 3.63) is 23.7 Å². The monoisotopic (exact) mass is 205 g/mol. The van der Waals surface area contributed by atoms with Gasteiger partial charge in [-0.15, -0.1) is 11.3 Å². The Morgan fingerprint density at radius 2 is 1.93 bits per heavy atom. The molecule has 0 atom stereocenters. The smallest absolute Gasteiger partial charge is 0.141 e. The first-order valence-corrected chi connectivity index (χ1v) is 5.04. The zero-order valence-electron chi connectivity index (χ0n) is 7.11. The summed E-state index contributed by atoms with van der Waals surface area (Å²) in [4.78, 5) is 2.94. The summed E-state index contributed by atoms with van der Waals surface area (Å²) >= 11 is 1.47. The Hall–Kier alpha value is -1.68. The average molecular weight is 205 g/mol. The van der Waals surface area contributed by atoms with Gasteiger partial charge >= 0.3 is 0 Å². The number of benzene rings is 1. The number of hydrogen-bond donors (Lipinski definition) is 3. The third-order valence-electron chi connectivity index (χ3n) is 2.34. The van der Waals surface area contributed by atoms with Crippen molar-refractivity contribution in [3.8, 4) is 11.5 Å². The van der Waals surface area contributed by atoms with Crippen molar-refractivity contribution in [1.82, 2.24) is 4.98 Å². The Kier molecular flexibility index (Phi) is 1.33. The molecule has 0 fully saturated rings. The third-order valence-corrected chi connectivity index (χ3v) is 3.28. The molecule has 0 saturated heterocycles. The van der Waals surface area contributed by atoms with E-state index in [1.807, 2.05) is 12.1 Å². The van der Waals surface area contributed by atoms with Crippen molar-refractivity contribution in [2.24, 2.45) is 0 Å². The molecular formula is C10H7NO2S. The molecule has 70 valence electrons. The normalized spacial score (nSPS) is 11.4. The van der Waals surface area contributed by atoms with Crippen LogP contribution in [0.3, 0.4) is 0 Å². The van der Waals surface area contributed by atoms with E-state index in [1.54, 1.807) is 5.38 Å². The summed E-state index contributed by atoms with van der Waals surface area (Å²) in [5, 5.41) is 22.4. The van der Waals surface area contributed by atoms with E-state index in [0.29, 0.717) is 5.39 Å². The van der Waals surface area contributed by atoms with E-state index >= 15 is 0 Å². The van der Waals surface area contributed by atoms with Crippen LogP contribution in [0.1, 0.15) is 0 Å². The molecule has 0 radical (unpaired) electrons. The summed E-state index contributed by atoms with van der Waals surface area (Å²) in [7, 11) is 0. The first-order valence-electron chi connectivity index (χ1n) is 4.16. The summed E-state index contributed by atoms with van der Waals surface area (Å²) in [6.07, 6.45) is 1.53. The number of aromatic hydroxyl groups is 2. The first kappa shape index (κ1) is 7.70. The van der Waals surface area contributed by atoms with E-state index < -0.39 is 0 Å². The summed E-state index contributed by atoms with van der Waals surface area (Å²) < 4.78 is 0.977. The highest BCUT2D eigenvalue weighted by Gasteiger charge is 2.11. The van der Waals surface area contributed by atoms with Gasteiger partial charge in [-0.05, 0) is 12.1 Å². The van der Waals surface area contributed by atoms with Gasteiger partial charge < -0.3 is 15.2 Å².